The molecule has 0 N–H and O–H groups in total. The topological polar surface area (TPSA) is 49.9 Å². The summed E-state index contributed by atoms with van der Waals surface area (Å²) in [7, 11) is 0. The Balaban J connectivity index is 1.79. The number of benzene rings is 1. The molecule has 0 saturated heterocycles. The standard InChI is InChI=1S/C24H32N2O3S/c1-4-29-15-8-13-25(24(28)18(2)3)17-22(27)26-14-11-21-20(12-16-30-21)23(26)19-9-6-5-7-10-19/h5-7,9-10,12,16,18,23H,4,8,11,13-15,17H2,1-3H3. The molecule has 1 atom stereocenters. The largest absolute Gasteiger partial charge is 0.382 e. The minimum absolute atomic E-state index is 0.00566. The summed E-state index contributed by atoms with van der Waals surface area (Å²) in [6.45, 7) is 8.31. The third kappa shape index (κ3) is 5.29. The molecule has 1 unspecified atom stereocenters. The number of fused-ring (bicyclic) bond motifs is 1. The van der Waals surface area contributed by atoms with Crippen LogP contribution < -0.4 is 0 Å². The molecule has 1 aromatic heterocycles. The van der Waals surface area contributed by atoms with Crippen LogP contribution in [0.25, 0.3) is 0 Å². The van der Waals surface area contributed by atoms with Crippen molar-refractivity contribution < 1.29 is 14.3 Å². The van der Waals surface area contributed by atoms with Crippen molar-refractivity contribution in [1.29, 1.82) is 0 Å². The molecule has 1 aromatic carbocycles. The van der Waals surface area contributed by atoms with Crippen LogP contribution in [-0.4, -0.2) is 54.5 Å². The molecule has 3 rings (SSSR count). The molecule has 0 radical (unpaired) electrons. The van der Waals surface area contributed by atoms with Crippen molar-refractivity contribution >= 4 is 23.2 Å². The van der Waals surface area contributed by atoms with Crippen LogP contribution in [0, 0.1) is 5.92 Å². The van der Waals surface area contributed by atoms with Crippen molar-refractivity contribution in [3.05, 3.63) is 57.8 Å². The third-order valence-electron chi connectivity index (χ3n) is 5.45. The Morgan fingerprint density at radius 3 is 2.70 bits per heavy atom. The van der Waals surface area contributed by atoms with Gasteiger partial charge >= 0.3 is 0 Å². The molecule has 5 nitrogen and oxygen atoms in total. The second kappa shape index (κ2) is 10.7. The maximum absolute atomic E-state index is 13.4. The molecule has 0 bridgehead atoms. The van der Waals surface area contributed by atoms with Crippen molar-refractivity contribution in [1.82, 2.24) is 9.80 Å². The van der Waals surface area contributed by atoms with E-state index in [9.17, 15) is 9.59 Å². The lowest BCUT2D eigenvalue weighted by molar-refractivity contribution is -0.143. The highest BCUT2D eigenvalue weighted by atomic mass is 32.1. The normalized spacial score (nSPS) is 15.9. The first-order valence-electron chi connectivity index (χ1n) is 10.8. The summed E-state index contributed by atoms with van der Waals surface area (Å²) in [5.41, 5.74) is 2.33. The van der Waals surface area contributed by atoms with Crippen LogP contribution in [0.15, 0.2) is 41.8 Å². The Hall–Kier alpha value is -2.18. The number of hydrogen-bond acceptors (Lipinski definition) is 4. The number of ether oxygens (including phenoxy) is 1. The smallest absolute Gasteiger partial charge is 0.242 e. The van der Waals surface area contributed by atoms with Crippen molar-refractivity contribution in [3.63, 3.8) is 0 Å². The number of rotatable bonds is 9. The minimum atomic E-state index is -0.139. The summed E-state index contributed by atoms with van der Waals surface area (Å²) in [4.78, 5) is 31.2. The summed E-state index contributed by atoms with van der Waals surface area (Å²) in [6, 6.07) is 12.2. The molecule has 0 fully saturated rings. The van der Waals surface area contributed by atoms with E-state index in [0.717, 1.165) is 18.4 Å². The van der Waals surface area contributed by atoms with Gasteiger partial charge < -0.3 is 14.5 Å². The third-order valence-corrected chi connectivity index (χ3v) is 6.45. The molecule has 1 aliphatic rings. The lowest BCUT2D eigenvalue weighted by Crippen LogP contribution is -2.47. The Labute approximate surface area is 183 Å². The van der Waals surface area contributed by atoms with Crippen molar-refractivity contribution in [3.8, 4) is 0 Å². The average molecular weight is 429 g/mol. The molecule has 0 saturated carbocycles. The van der Waals surface area contributed by atoms with Gasteiger partial charge in [-0.25, -0.2) is 0 Å². The Morgan fingerprint density at radius 1 is 1.23 bits per heavy atom. The van der Waals surface area contributed by atoms with Crippen molar-refractivity contribution in [2.45, 2.75) is 39.7 Å². The van der Waals surface area contributed by atoms with Gasteiger partial charge in [0, 0.05) is 37.1 Å². The van der Waals surface area contributed by atoms with Gasteiger partial charge in [-0.1, -0.05) is 44.2 Å². The van der Waals surface area contributed by atoms with Crippen LogP contribution in [0.1, 0.15) is 49.2 Å². The highest BCUT2D eigenvalue weighted by Crippen LogP contribution is 2.37. The van der Waals surface area contributed by atoms with Gasteiger partial charge in [-0.2, -0.15) is 0 Å². The molecule has 0 aliphatic carbocycles. The average Bonchev–Trinajstić information content (AvgIpc) is 3.24. The second-order valence-corrected chi connectivity index (χ2v) is 8.92. The van der Waals surface area contributed by atoms with Crippen LogP contribution in [0.3, 0.4) is 0 Å². The van der Waals surface area contributed by atoms with E-state index in [4.69, 9.17) is 4.74 Å². The van der Waals surface area contributed by atoms with E-state index in [2.05, 4.69) is 23.6 Å². The van der Waals surface area contributed by atoms with E-state index >= 15 is 0 Å². The second-order valence-electron chi connectivity index (χ2n) is 7.91. The maximum atomic E-state index is 13.4. The van der Waals surface area contributed by atoms with Gasteiger partial charge in [0.15, 0.2) is 0 Å². The number of hydrogen-bond donors (Lipinski definition) is 0. The molecular weight excluding hydrogens is 396 g/mol. The van der Waals surface area contributed by atoms with Crippen LogP contribution >= 0.6 is 11.3 Å². The lowest BCUT2D eigenvalue weighted by atomic mass is 9.93. The molecule has 6 heteroatoms. The van der Waals surface area contributed by atoms with Gasteiger partial charge in [0.05, 0.1) is 12.6 Å². The minimum Gasteiger partial charge on any atom is -0.382 e. The Bertz CT molecular complexity index is 834. The van der Waals surface area contributed by atoms with E-state index in [1.165, 1.54) is 10.4 Å². The summed E-state index contributed by atoms with van der Waals surface area (Å²) >= 11 is 1.76. The van der Waals surface area contributed by atoms with Crippen LogP contribution in [-0.2, 0) is 20.7 Å². The van der Waals surface area contributed by atoms with Gasteiger partial charge in [0.2, 0.25) is 11.8 Å². The summed E-state index contributed by atoms with van der Waals surface area (Å²) in [5, 5.41) is 2.11. The zero-order valence-electron chi connectivity index (χ0n) is 18.2. The molecular formula is C24H32N2O3S. The van der Waals surface area contributed by atoms with Gasteiger partial charge in [0.25, 0.3) is 0 Å². The quantitative estimate of drug-likeness (QED) is 0.564. The fourth-order valence-corrected chi connectivity index (χ4v) is 4.87. The highest BCUT2D eigenvalue weighted by molar-refractivity contribution is 7.10. The molecule has 162 valence electrons. The van der Waals surface area contributed by atoms with E-state index in [-0.39, 0.29) is 30.3 Å². The zero-order valence-corrected chi connectivity index (χ0v) is 19.0. The van der Waals surface area contributed by atoms with E-state index < -0.39 is 0 Å². The van der Waals surface area contributed by atoms with Crippen molar-refractivity contribution in [2.24, 2.45) is 5.92 Å². The molecule has 30 heavy (non-hydrogen) atoms. The molecule has 0 spiro atoms. The summed E-state index contributed by atoms with van der Waals surface area (Å²) in [5.74, 6) is -0.116. The number of carbonyl (C=O) groups excluding carboxylic acids is 2. The Morgan fingerprint density at radius 2 is 2.00 bits per heavy atom. The molecule has 2 heterocycles. The first-order valence-corrected chi connectivity index (χ1v) is 11.7. The van der Waals surface area contributed by atoms with Gasteiger partial charge in [-0.15, -0.1) is 11.3 Å². The van der Waals surface area contributed by atoms with Crippen LogP contribution in [0.5, 0.6) is 0 Å². The molecule has 2 amide bonds. The van der Waals surface area contributed by atoms with E-state index in [1.807, 2.05) is 43.9 Å². The highest BCUT2D eigenvalue weighted by Gasteiger charge is 2.34. The van der Waals surface area contributed by atoms with Gasteiger partial charge in [0.1, 0.15) is 0 Å². The predicted molar refractivity (Wildman–Crippen MR) is 121 cm³/mol. The van der Waals surface area contributed by atoms with Gasteiger partial charge in [-0.3, -0.25) is 9.59 Å². The van der Waals surface area contributed by atoms with Gasteiger partial charge in [-0.05, 0) is 42.3 Å². The summed E-state index contributed by atoms with van der Waals surface area (Å²) in [6.07, 6.45) is 1.60. The predicted octanol–water partition coefficient (Wildman–Crippen LogP) is 4.13. The maximum Gasteiger partial charge on any atom is 0.242 e. The Kier molecular flexibility index (Phi) is 8.05. The fourth-order valence-electron chi connectivity index (χ4n) is 3.97. The molecule has 1 aliphatic heterocycles. The monoisotopic (exact) mass is 428 g/mol. The van der Waals surface area contributed by atoms with Crippen LogP contribution in [0.4, 0.5) is 0 Å². The number of carbonyl (C=O) groups is 2. The first-order chi connectivity index (χ1) is 14.5. The summed E-state index contributed by atoms with van der Waals surface area (Å²) < 4.78 is 5.42. The SMILES string of the molecule is CCOCCCN(CC(=O)N1CCc2sccc2C1c1ccccc1)C(=O)C(C)C. The van der Waals surface area contributed by atoms with Crippen molar-refractivity contribution in [2.75, 3.05) is 32.8 Å². The fraction of sp³-hybridized carbons (Fsp3) is 0.500. The van der Waals surface area contributed by atoms with E-state index in [1.54, 1.807) is 16.2 Å². The lowest BCUT2D eigenvalue weighted by Gasteiger charge is -2.38. The first kappa shape index (κ1) is 22.5. The number of thiophene rings is 1. The van der Waals surface area contributed by atoms with Crippen LogP contribution in [0.2, 0.25) is 0 Å². The zero-order chi connectivity index (χ0) is 21.5. The number of nitrogens with zero attached hydrogens (tertiary/aromatic N) is 2. The molecule has 2 aromatic rings. The van der Waals surface area contributed by atoms with E-state index in [0.29, 0.717) is 26.3 Å². The number of amides is 2.